The number of carbonyl (C=O) groups is 2. The van der Waals surface area contributed by atoms with Gasteiger partial charge in [0.15, 0.2) is 0 Å². The van der Waals surface area contributed by atoms with E-state index in [1.165, 1.54) is 15.9 Å². The highest BCUT2D eigenvalue weighted by molar-refractivity contribution is 7.17. The maximum Gasteiger partial charge on any atom is 0.332 e. The molecule has 0 radical (unpaired) electrons. The Morgan fingerprint density at radius 3 is 2.46 bits per heavy atom. The highest BCUT2D eigenvalue weighted by Crippen LogP contribution is 2.18. The van der Waals surface area contributed by atoms with E-state index < -0.39 is 11.2 Å². The largest absolute Gasteiger partial charge is 0.352 e. The Bertz CT molecular complexity index is 1500. The van der Waals surface area contributed by atoms with Crippen molar-refractivity contribution in [1.29, 1.82) is 0 Å². The second kappa shape index (κ2) is 10.5. The molecule has 2 amide bonds. The van der Waals surface area contributed by atoms with Crippen LogP contribution < -0.4 is 21.9 Å². The predicted molar refractivity (Wildman–Crippen MR) is 138 cm³/mol. The number of aryl methyl sites for hydroxylation is 2. The summed E-state index contributed by atoms with van der Waals surface area (Å²) in [6, 6.07) is 16.8. The fourth-order valence-corrected chi connectivity index (χ4v) is 4.71. The molecule has 0 aliphatic heterocycles. The lowest BCUT2D eigenvalue weighted by Crippen LogP contribution is -2.42. The molecular formula is C26H26N4O4S. The van der Waals surface area contributed by atoms with Crippen LogP contribution in [0.25, 0.3) is 10.2 Å². The maximum atomic E-state index is 13.2. The van der Waals surface area contributed by atoms with Crippen LogP contribution in [0.1, 0.15) is 23.1 Å². The van der Waals surface area contributed by atoms with Crippen molar-refractivity contribution in [3.8, 4) is 0 Å². The van der Waals surface area contributed by atoms with Crippen LogP contribution in [0.3, 0.4) is 0 Å². The van der Waals surface area contributed by atoms with Crippen molar-refractivity contribution in [1.82, 2.24) is 14.5 Å². The van der Waals surface area contributed by atoms with Crippen LogP contribution >= 0.6 is 11.3 Å². The molecule has 0 saturated heterocycles. The summed E-state index contributed by atoms with van der Waals surface area (Å²) in [5.41, 5.74) is 2.95. The molecule has 8 nitrogen and oxygen atoms in total. The molecule has 2 aromatic carbocycles. The molecule has 0 unspecified atom stereocenters. The number of nitrogens with one attached hydrogen (secondary N) is 2. The number of benzene rings is 2. The van der Waals surface area contributed by atoms with Crippen LogP contribution in [0.4, 0.5) is 5.69 Å². The number of hydrogen-bond acceptors (Lipinski definition) is 5. The maximum absolute atomic E-state index is 13.2. The zero-order valence-corrected chi connectivity index (χ0v) is 20.4. The molecular weight excluding hydrogens is 464 g/mol. The Morgan fingerprint density at radius 1 is 0.943 bits per heavy atom. The van der Waals surface area contributed by atoms with Crippen molar-refractivity contribution in [3.63, 3.8) is 0 Å². The summed E-state index contributed by atoms with van der Waals surface area (Å²) in [7, 11) is 0. The quantitative estimate of drug-likeness (QED) is 0.396. The smallest absolute Gasteiger partial charge is 0.332 e. The summed E-state index contributed by atoms with van der Waals surface area (Å²) in [5, 5.41) is 7.35. The van der Waals surface area contributed by atoms with Crippen LogP contribution in [0, 0.1) is 13.8 Å². The summed E-state index contributed by atoms with van der Waals surface area (Å²) in [4.78, 5) is 51.3. The van der Waals surface area contributed by atoms with Gasteiger partial charge in [0.05, 0.1) is 5.52 Å². The number of hydrogen-bond donors (Lipinski definition) is 2. The van der Waals surface area contributed by atoms with Crippen molar-refractivity contribution >= 4 is 39.1 Å². The van der Waals surface area contributed by atoms with Gasteiger partial charge in [-0.05, 0) is 42.5 Å². The molecule has 0 aliphatic rings. The van der Waals surface area contributed by atoms with Gasteiger partial charge in [0.1, 0.15) is 11.2 Å². The van der Waals surface area contributed by atoms with Gasteiger partial charge in [0.2, 0.25) is 11.8 Å². The molecule has 35 heavy (non-hydrogen) atoms. The van der Waals surface area contributed by atoms with Gasteiger partial charge >= 0.3 is 5.69 Å². The molecule has 0 bridgehead atoms. The molecule has 0 atom stereocenters. The third kappa shape index (κ3) is 5.58. The summed E-state index contributed by atoms with van der Waals surface area (Å²) in [6.45, 7) is 3.90. The molecule has 0 spiro atoms. The highest BCUT2D eigenvalue weighted by Gasteiger charge is 2.17. The Morgan fingerprint density at radius 2 is 1.71 bits per heavy atom. The third-order valence-electron chi connectivity index (χ3n) is 5.69. The first-order valence-corrected chi connectivity index (χ1v) is 12.1. The van der Waals surface area contributed by atoms with Crippen LogP contribution in [-0.2, 0) is 29.2 Å². The summed E-state index contributed by atoms with van der Waals surface area (Å²) in [6.07, 6.45) is -0.0341. The minimum Gasteiger partial charge on any atom is -0.352 e. The lowest BCUT2D eigenvalue weighted by Gasteiger charge is -2.13. The van der Waals surface area contributed by atoms with E-state index >= 15 is 0 Å². The number of thiophene rings is 1. The molecule has 2 aromatic heterocycles. The van der Waals surface area contributed by atoms with E-state index in [4.69, 9.17) is 0 Å². The van der Waals surface area contributed by atoms with E-state index in [9.17, 15) is 19.2 Å². The number of amides is 2. The third-order valence-corrected chi connectivity index (χ3v) is 6.58. The molecule has 2 N–H and O–H groups in total. The van der Waals surface area contributed by atoms with E-state index in [1.807, 2.05) is 62.4 Å². The molecule has 2 heterocycles. The molecule has 4 rings (SSSR count). The minimum atomic E-state index is -0.618. The number of anilines is 1. The first kappa shape index (κ1) is 24.2. The fraction of sp³-hybridized carbons (Fsp3) is 0.231. The molecule has 4 aromatic rings. The normalized spacial score (nSPS) is 10.9. The van der Waals surface area contributed by atoms with E-state index in [2.05, 4.69) is 10.6 Å². The van der Waals surface area contributed by atoms with E-state index in [0.29, 0.717) is 22.4 Å². The van der Waals surface area contributed by atoms with Gasteiger partial charge in [-0.25, -0.2) is 4.79 Å². The van der Waals surface area contributed by atoms with E-state index in [0.717, 1.165) is 21.3 Å². The van der Waals surface area contributed by atoms with Crippen molar-refractivity contribution in [2.45, 2.75) is 39.9 Å². The van der Waals surface area contributed by atoms with Crippen molar-refractivity contribution in [2.75, 3.05) is 5.32 Å². The zero-order chi connectivity index (χ0) is 24.9. The van der Waals surface area contributed by atoms with Crippen molar-refractivity contribution in [2.24, 2.45) is 0 Å². The first-order chi connectivity index (χ1) is 16.8. The summed E-state index contributed by atoms with van der Waals surface area (Å²) >= 11 is 1.20. The second-order valence-electron chi connectivity index (χ2n) is 8.34. The number of rotatable bonds is 8. The van der Waals surface area contributed by atoms with Gasteiger partial charge in [-0.15, -0.1) is 11.3 Å². The van der Waals surface area contributed by atoms with Gasteiger partial charge < -0.3 is 10.6 Å². The monoisotopic (exact) mass is 490 g/mol. The first-order valence-electron chi connectivity index (χ1n) is 11.2. The molecule has 0 aliphatic carbocycles. The van der Waals surface area contributed by atoms with Crippen LogP contribution in [-0.4, -0.2) is 20.9 Å². The van der Waals surface area contributed by atoms with E-state index in [-0.39, 0.29) is 31.3 Å². The Kier molecular flexibility index (Phi) is 7.26. The van der Waals surface area contributed by atoms with Gasteiger partial charge in [0, 0.05) is 25.2 Å². The Labute approximate surface area is 205 Å². The topological polar surface area (TPSA) is 102 Å². The van der Waals surface area contributed by atoms with Gasteiger partial charge in [-0.1, -0.05) is 48.0 Å². The number of carbonyl (C=O) groups excluding carboxylic acids is 2. The fourth-order valence-electron chi connectivity index (χ4n) is 3.87. The van der Waals surface area contributed by atoms with Crippen LogP contribution in [0.2, 0.25) is 0 Å². The van der Waals surface area contributed by atoms with Gasteiger partial charge in [-0.3, -0.25) is 23.5 Å². The van der Waals surface area contributed by atoms with Gasteiger partial charge in [-0.2, -0.15) is 0 Å². The zero-order valence-electron chi connectivity index (χ0n) is 19.5. The molecule has 9 heteroatoms. The lowest BCUT2D eigenvalue weighted by molar-refractivity contribution is -0.121. The minimum absolute atomic E-state index is 0.0341. The Balaban J connectivity index is 1.52. The van der Waals surface area contributed by atoms with Gasteiger partial charge in [0.25, 0.3) is 5.56 Å². The summed E-state index contributed by atoms with van der Waals surface area (Å²) < 4.78 is 2.69. The molecule has 0 fully saturated rings. The number of aromatic nitrogens is 2. The predicted octanol–water partition coefficient (Wildman–Crippen LogP) is 3.19. The standard InChI is InChI=1S/C26H26N4O4S/c1-17-8-9-20(18(2)14-17)28-23(32)16-30-21-11-13-35-24(21)25(33)29(26(30)34)12-10-22(31)27-15-19-6-4-3-5-7-19/h3-9,11,13-14H,10,12,15-16H2,1-2H3,(H,27,31)(H,28,32). The highest BCUT2D eigenvalue weighted by atomic mass is 32.1. The van der Waals surface area contributed by atoms with Crippen molar-refractivity contribution in [3.05, 3.63) is 97.5 Å². The number of nitrogens with zero attached hydrogens (tertiary/aromatic N) is 2. The van der Waals surface area contributed by atoms with Crippen LogP contribution in [0.5, 0.6) is 0 Å². The Hall–Kier alpha value is -3.98. The average Bonchev–Trinajstić information content (AvgIpc) is 3.33. The van der Waals surface area contributed by atoms with E-state index in [1.54, 1.807) is 11.4 Å². The number of fused-ring (bicyclic) bond motifs is 1. The SMILES string of the molecule is Cc1ccc(NC(=O)Cn2c(=O)n(CCC(=O)NCc3ccccc3)c(=O)c3sccc32)c(C)c1. The van der Waals surface area contributed by atoms with Crippen LogP contribution in [0.15, 0.2) is 69.6 Å². The average molecular weight is 491 g/mol. The molecule has 0 saturated carbocycles. The lowest BCUT2D eigenvalue weighted by atomic mass is 10.1. The molecule has 180 valence electrons. The second-order valence-corrected chi connectivity index (χ2v) is 9.26. The summed E-state index contributed by atoms with van der Waals surface area (Å²) in [5.74, 6) is -0.650. The van der Waals surface area contributed by atoms with Crippen molar-refractivity contribution < 1.29 is 9.59 Å².